The average Bonchev–Trinajstić information content (AvgIpc) is 3.63. The number of rotatable bonds is 16. The van der Waals surface area contributed by atoms with E-state index in [0.29, 0.717) is 48.2 Å². The second-order valence-corrected chi connectivity index (χ2v) is 15.6. The zero-order valence-electron chi connectivity index (χ0n) is 32.5. The third-order valence-corrected chi connectivity index (χ3v) is 11.4. The van der Waals surface area contributed by atoms with Crippen molar-refractivity contribution in [1.82, 2.24) is 20.1 Å². The van der Waals surface area contributed by atoms with E-state index in [1.807, 2.05) is 17.0 Å². The summed E-state index contributed by atoms with van der Waals surface area (Å²) in [4.78, 5) is 32.3. The van der Waals surface area contributed by atoms with Gasteiger partial charge in [0, 0.05) is 81.3 Å². The summed E-state index contributed by atoms with van der Waals surface area (Å²) in [5.41, 5.74) is 4.54. The van der Waals surface area contributed by atoms with Crippen molar-refractivity contribution in [2.24, 2.45) is 5.92 Å². The highest BCUT2D eigenvalue weighted by atomic mass is 35.5. The molecule has 6 rings (SSSR count). The number of ether oxygens (including phenoxy) is 3. The number of aromatic nitrogens is 1. The van der Waals surface area contributed by atoms with E-state index in [1.165, 1.54) is 11.8 Å². The quantitative estimate of drug-likeness (QED) is 0.147. The van der Waals surface area contributed by atoms with Crippen LogP contribution in [0.5, 0.6) is 11.5 Å². The van der Waals surface area contributed by atoms with Crippen LogP contribution in [0.2, 0.25) is 5.02 Å². The number of aliphatic carboxylic acids is 1. The minimum absolute atomic E-state index is 0.00245. The number of nitrogens with one attached hydrogen (secondary N) is 1. The highest BCUT2D eigenvalue weighted by Gasteiger charge is 2.40. The Morgan fingerprint density at radius 3 is 2.73 bits per heavy atom. The molecule has 296 valence electrons. The number of likely N-dealkylation sites (tertiary alicyclic amines) is 2. The first kappa shape index (κ1) is 40.9. The summed E-state index contributed by atoms with van der Waals surface area (Å²) in [7, 11) is 0. The number of amides is 1. The monoisotopic (exact) mass is 781 g/mol. The third-order valence-electron chi connectivity index (χ3n) is 11.1. The Labute approximate surface area is 334 Å². The van der Waals surface area contributed by atoms with E-state index >= 15 is 0 Å². The Bertz CT molecular complexity index is 1980. The lowest BCUT2D eigenvalue weighted by Crippen LogP contribution is -2.45. The molecule has 2 fully saturated rings. The van der Waals surface area contributed by atoms with Crippen LogP contribution in [0.4, 0.5) is 0 Å². The van der Waals surface area contributed by atoms with Crippen molar-refractivity contribution in [3.8, 4) is 17.6 Å². The lowest BCUT2D eigenvalue weighted by Gasteiger charge is -2.40. The maximum Gasteiger partial charge on any atom is 0.320 e. The van der Waals surface area contributed by atoms with Gasteiger partial charge < -0.3 is 29.5 Å². The number of hydrogen-bond acceptors (Lipinski definition) is 9. The summed E-state index contributed by atoms with van der Waals surface area (Å²) in [6, 6.07) is 15.4. The van der Waals surface area contributed by atoms with Crippen LogP contribution >= 0.6 is 11.6 Å². The largest absolute Gasteiger partial charge is 0.489 e. The second-order valence-electron chi connectivity index (χ2n) is 15.1. The molecule has 1 aromatic heterocycles. The van der Waals surface area contributed by atoms with E-state index < -0.39 is 17.6 Å². The van der Waals surface area contributed by atoms with Crippen molar-refractivity contribution in [2.75, 3.05) is 39.4 Å². The SMILES string of the molecule is CC(=O)N[C@@H]1CCN(CCCOC2(COc3cc(OCc4cncc(C#N)c4)c(CN4CCCC[C@H]4C(=O)O)cc3Cl)C=CC=C(c3ccccc3C)C2C)C1. The molecule has 2 unspecified atom stereocenters. The van der Waals surface area contributed by atoms with Crippen LogP contribution in [0.3, 0.4) is 0 Å². The van der Waals surface area contributed by atoms with Gasteiger partial charge in [-0.3, -0.25) is 19.5 Å². The van der Waals surface area contributed by atoms with E-state index in [4.69, 9.17) is 25.8 Å². The van der Waals surface area contributed by atoms with Gasteiger partial charge in [0.2, 0.25) is 5.91 Å². The summed E-state index contributed by atoms with van der Waals surface area (Å²) < 4.78 is 19.9. The molecule has 2 aliphatic heterocycles. The van der Waals surface area contributed by atoms with Crippen LogP contribution in [-0.2, 0) is 27.5 Å². The molecule has 2 aromatic carbocycles. The second kappa shape index (κ2) is 18.9. The Hall–Kier alpha value is -4.73. The van der Waals surface area contributed by atoms with Gasteiger partial charge in [0.1, 0.15) is 42.4 Å². The maximum absolute atomic E-state index is 12.2. The van der Waals surface area contributed by atoms with Crippen LogP contribution < -0.4 is 14.8 Å². The Kier molecular flexibility index (Phi) is 13.8. The van der Waals surface area contributed by atoms with E-state index in [9.17, 15) is 20.0 Å². The zero-order valence-corrected chi connectivity index (χ0v) is 33.3. The first-order chi connectivity index (χ1) is 27.0. The number of aryl methyl sites for hydroxylation is 1. The van der Waals surface area contributed by atoms with Crippen molar-refractivity contribution in [3.63, 3.8) is 0 Å². The van der Waals surface area contributed by atoms with Gasteiger partial charge in [-0.05, 0) is 74.1 Å². The fourth-order valence-electron chi connectivity index (χ4n) is 8.07. The lowest BCUT2D eigenvalue weighted by atomic mass is 9.76. The summed E-state index contributed by atoms with van der Waals surface area (Å²) in [6.07, 6.45) is 13.5. The number of nitriles is 1. The smallest absolute Gasteiger partial charge is 0.320 e. The third kappa shape index (κ3) is 10.2. The molecule has 1 amide bonds. The fraction of sp³-hybridized carbons (Fsp3) is 0.455. The molecule has 4 atom stereocenters. The van der Waals surface area contributed by atoms with Gasteiger partial charge in [0.05, 0.1) is 10.6 Å². The number of carbonyl (C=O) groups is 2. The molecule has 0 radical (unpaired) electrons. The van der Waals surface area contributed by atoms with Crippen molar-refractivity contribution in [3.05, 3.63) is 106 Å². The van der Waals surface area contributed by atoms with E-state index in [2.05, 4.69) is 65.5 Å². The molecular formula is C44H52ClN5O6. The van der Waals surface area contributed by atoms with Gasteiger partial charge in [-0.25, -0.2) is 0 Å². The molecule has 0 saturated carbocycles. The minimum atomic E-state index is -0.841. The van der Waals surface area contributed by atoms with Gasteiger partial charge in [0.15, 0.2) is 0 Å². The van der Waals surface area contributed by atoms with Crippen LogP contribution in [0.1, 0.15) is 73.8 Å². The van der Waals surface area contributed by atoms with Crippen LogP contribution in [0.25, 0.3) is 5.57 Å². The first-order valence-corrected chi connectivity index (χ1v) is 19.9. The fourth-order valence-corrected chi connectivity index (χ4v) is 8.31. The lowest BCUT2D eigenvalue weighted by molar-refractivity contribution is -0.144. The number of carboxylic acid groups (broad SMARTS) is 1. The van der Waals surface area contributed by atoms with Crippen LogP contribution in [-0.4, -0.2) is 88.8 Å². The molecule has 0 spiro atoms. The predicted molar refractivity (Wildman–Crippen MR) is 215 cm³/mol. The zero-order chi connectivity index (χ0) is 39.7. The molecule has 2 N–H and O–H groups in total. The molecule has 2 saturated heterocycles. The van der Waals surface area contributed by atoms with Crippen molar-refractivity contribution < 1.29 is 28.9 Å². The van der Waals surface area contributed by atoms with E-state index in [1.54, 1.807) is 31.3 Å². The predicted octanol–water partition coefficient (Wildman–Crippen LogP) is 6.96. The van der Waals surface area contributed by atoms with Gasteiger partial charge in [0.25, 0.3) is 0 Å². The molecule has 56 heavy (non-hydrogen) atoms. The number of nitrogens with zero attached hydrogens (tertiary/aromatic N) is 4. The van der Waals surface area contributed by atoms with Gasteiger partial charge in [-0.1, -0.05) is 61.4 Å². The number of carboxylic acids is 1. The molecular weight excluding hydrogens is 730 g/mol. The highest BCUT2D eigenvalue weighted by molar-refractivity contribution is 6.32. The van der Waals surface area contributed by atoms with E-state index in [0.717, 1.165) is 67.6 Å². The van der Waals surface area contributed by atoms with E-state index in [-0.39, 0.29) is 31.1 Å². The minimum Gasteiger partial charge on any atom is -0.489 e. The van der Waals surface area contributed by atoms with Crippen LogP contribution in [0.15, 0.2) is 73.1 Å². The number of piperidine rings is 1. The molecule has 12 heteroatoms. The standard InChI is InChI=1S/C44H52ClN5O6/c1-30-10-4-5-11-37(30)38-12-8-15-44(31(38)2,56-19-9-16-49-18-14-36(27-49)48-32(3)51)29-55-42-22-41(54-28-34-20-33(23-46)24-47-25-34)35(21-39(42)45)26-50-17-7-6-13-40(50)43(52)53/h4-5,8,10-12,15,20-22,24-25,31,36,40H,6-7,9,13-14,16-19,26-29H2,1-3H3,(H,48,51)(H,52,53)/t31?,36-,40+,44?/m1/s1. The van der Waals surface area contributed by atoms with Crippen molar-refractivity contribution in [1.29, 1.82) is 5.26 Å². The number of hydrogen-bond donors (Lipinski definition) is 2. The maximum atomic E-state index is 12.2. The summed E-state index contributed by atoms with van der Waals surface area (Å²) in [6.45, 7) is 10.3. The summed E-state index contributed by atoms with van der Waals surface area (Å²) in [5.74, 6) is 0.00551. The average molecular weight is 782 g/mol. The first-order valence-electron chi connectivity index (χ1n) is 19.5. The number of pyridine rings is 1. The summed E-state index contributed by atoms with van der Waals surface area (Å²) in [5, 5.41) is 22.8. The number of carbonyl (C=O) groups excluding carboxylic acids is 1. The highest BCUT2D eigenvalue weighted by Crippen LogP contribution is 2.42. The number of halogens is 1. The van der Waals surface area contributed by atoms with Gasteiger partial charge >= 0.3 is 5.97 Å². The van der Waals surface area contributed by atoms with Gasteiger partial charge in [-0.15, -0.1) is 0 Å². The normalized spacial score (nSPS) is 22.6. The number of allylic oxidation sites excluding steroid dienone is 2. The van der Waals surface area contributed by atoms with Crippen molar-refractivity contribution >= 4 is 29.1 Å². The molecule has 1 aliphatic carbocycles. The molecule has 3 aliphatic rings. The molecule has 3 aromatic rings. The van der Waals surface area contributed by atoms with Gasteiger partial charge in [-0.2, -0.15) is 5.26 Å². The Morgan fingerprint density at radius 1 is 1.11 bits per heavy atom. The molecule has 0 bridgehead atoms. The Balaban J connectivity index is 1.24. The molecule has 11 nitrogen and oxygen atoms in total. The molecule has 3 heterocycles. The topological polar surface area (TPSA) is 137 Å². The van der Waals surface area contributed by atoms with Crippen molar-refractivity contribution in [2.45, 2.75) is 83.7 Å². The summed E-state index contributed by atoms with van der Waals surface area (Å²) >= 11 is 7.00. The Morgan fingerprint density at radius 2 is 1.95 bits per heavy atom. The number of benzene rings is 2. The van der Waals surface area contributed by atoms with Crippen LogP contribution in [0, 0.1) is 24.2 Å².